The molecule has 13 heavy (non-hydrogen) atoms. The first-order valence-corrected chi connectivity index (χ1v) is 3.81. The lowest BCUT2D eigenvalue weighted by atomic mass is 9.75. The van der Waals surface area contributed by atoms with Gasteiger partial charge in [-0.1, -0.05) is 0 Å². The first-order chi connectivity index (χ1) is 5.74. The zero-order valence-electron chi connectivity index (χ0n) is 6.98. The van der Waals surface area contributed by atoms with E-state index in [1.54, 1.807) is 0 Å². The minimum atomic E-state index is -4.60. The van der Waals surface area contributed by atoms with E-state index in [1.165, 1.54) is 6.92 Å². The number of rotatable bonds is 1. The predicted molar refractivity (Wildman–Crippen MR) is 37.8 cm³/mol. The lowest BCUT2D eigenvalue weighted by molar-refractivity contribution is -0.291. The Hall–Kier alpha value is -0.780. The number of carbonyl (C=O) groups excluding carboxylic acids is 1. The minimum absolute atomic E-state index is 0.380. The number of aliphatic hydroxyl groups is 1. The lowest BCUT2D eigenvalue weighted by Gasteiger charge is -2.44. The molecule has 0 radical (unpaired) electrons. The monoisotopic (exact) mass is 197 g/mol. The lowest BCUT2D eigenvalue weighted by Crippen LogP contribution is -2.62. The smallest absolute Gasteiger partial charge is 0.380 e. The summed E-state index contributed by atoms with van der Waals surface area (Å²) in [6.07, 6.45) is -5.49. The summed E-state index contributed by atoms with van der Waals surface area (Å²) in [7, 11) is 0. The van der Waals surface area contributed by atoms with Crippen LogP contribution >= 0.6 is 0 Å². The van der Waals surface area contributed by atoms with Crippen LogP contribution in [0.4, 0.5) is 13.2 Å². The molecule has 0 aliphatic heterocycles. The van der Waals surface area contributed by atoms with Crippen LogP contribution in [0.15, 0.2) is 0 Å². The van der Waals surface area contributed by atoms with E-state index < -0.39 is 30.7 Å². The largest absolute Gasteiger partial charge is 0.417 e. The molecule has 1 rings (SSSR count). The van der Waals surface area contributed by atoms with E-state index in [0.717, 1.165) is 0 Å². The number of amides is 1. The molecule has 76 valence electrons. The highest BCUT2D eigenvalue weighted by Gasteiger charge is 2.61. The predicted octanol–water partition coefficient (Wildman–Crippen LogP) is 0.578. The van der Waals surface area contributed by atoms with Crippen LogP contribution in [0, 0.1) is 0 Å². The summed E-state index contributed by atoms with van der Waals surface area (Å²) in [6, 6.07) is -0.552. The highest BCUT2D eigenvalue weighted by molar-refractivity contribution is 5.73. The SMILES string of the molecule is CC(=O)N[C@H]1C[C@](O)(C(F)(F)F)C1. The molecule has 0 bridgehead atoms. The molecule has 0 aromatic heterocycles. The molecule has 3 nitrogen and oxygen atoms in total. The second-order valence-corrected chi connectivity index (χ2v) is 3.34. The van der Waals surface area contributed by atoms with E-state index in [1.807, 2.05) is 0 Å². The molecule has 0 aromatic carbocycles. The number of carbonyl (C=O) groups is 1. The maximum absolute atomic E-state index is 12.0. The molecule has 1 aliphatic carbocycles. The summed E-state index contributed by atoms with van der Waals surface area (Å²) in [6.45, 7) is 1.23. The molecule has 0 aromatic rings. The summed E-state index contributed by atoms with van der Waals surface area (Å²) in [5.41, 5.74) is -2.60. The molecule has 0 spiro atoms. The molecule has 1 saturated carbocycles. The van der Waals surface area contributed by atoms with Crippen LogP contribution in [-0.2, 0) is 4.79 Å². The van der Waals surface area contributed by atoms with Crippen molar-refractivity contribution in [2.24, 2.45) is 0 Å². The Bertz CT molecular complexity index is 220. The van der Waals surface area contributed by atoms with E-state index >= 15 is 0 Å². The van der Waals surface area contributed by atoms with Crippen molar-refractivity contribution < 1.29 is 23.1 Å². The second-order valence-electron chi connectivity index (χ2n) is 3.34. The average Bonchev–Trinajstić information content (AvgIpc) is 1.79. The van der Waals surface area contributed by atoms with Gasteiger partial charge in [0.2, 0.25) is 5.91 Å². The van der Waals surface area contributed by atoms with Crippen LogP contribution in [0.5, 0.6) is 0 Å². The van der Waals surface area contributed by atoms with Gasteiger partial charge < -0.3 is 10.4 Å². The summed E-state index contributed by atoms with van der Waals surface area (Å²) >= 11 is 0. The average molecular weight is 197 g/mol. The quantitative estimate of drug-likeness (QED) is 0.646. The van der Waals surface area contributed by atoms with Crippen LogP contribution in [0.1, 0.15) is 19.8 Å². The van der Waals surface area contributed by atoms with E-state index in [-0.39, 0.29) is 5.91 Å². The van der Waals surface area contributed by atoms with Crippen molar-refractivity contribution in [2.75, 3.05) is 0 Å². The minimum Gasteiger partial charge on any atom is -0.380 e. The number of halogens is 3. The van der Waals surface area contributed by atoms with Gasteiger partial charge >= 0.3 is 6.18 Å². The molecule has 0 heterocycles. The Morgan fingerprint density at radius 1 is 1.54 bits per heavy atom. The van der Waals surface area contributed by atoms with Crippen LogP contribution in [0.3, 0.4) is 0 Å². The third kappa shape index (κ3) is 1.93. The third-order valence-corrected chi connectivity index (χ3v) is 2.10. The Morgan fingerprint density at radius 2 is 2.00 bits per heavy atom. The van der Waals surface area contributed by atoms with Gasteiger partial charge in [0.25, 0.3) is 0 Å². The van der Waals surface area contributed by atoms with Crippen molar-refractivity contribution in [2.45, 2.75) is 37.6 Å². The first kappa shape index (κ1) is 10.3. The zero-order chi connectivity index (χ0) is 10.3. The van der Waals surface area contributed by atoms with Gasteiger partial charge in [0, 0.05) is 25.8 Å². The molecule has 1 amide bonds. The fourth-order valence-corrected chi connectivity index (χ4v) is 1.38. The highest BCUT2D eigenvalue weighted by Crippen LogP contribution is 2.44. The topological polar surface area (TPSA) is 49.3 Å². The molecule has 0 saturated heterocycles. The highest BCUT2D eigenvalue weighted by atomic mass is 19.4. The van der Waals surface area contributed by atoms with Gasteiger partial charge in [-0.25, -0.2) is 0 Å². The van der Waals surface area contributed by atoms with E-state index in [9.17, 15) is 18.0 Å². The van der Waals surface area contributed by atoms with Gasteiger partial charge in [-0.2, -0.15) is 13.2 Å². The van der Waals surface area contributed by atoms with Gasteiger partial charge in [0.1, 0.15) is 0 Å². The Labute approximate surface area is 72.9 Å². The molecule has 0 unspecified atom stereocenters. The third-order valence-electron chi connectivity index (χ3n) is 2.10. The van der Waals surface area contributed by atoms with Gasteiger partial charge in [-0.05, 0) is 0 Å². The summed E-state index contributed by atoms with van der Waals surface area (Å²) < 4.78 is 36.1. The molecular weight excluding hydrogens is 187 g/mol. The first-order valence-electron chi connectivity index (χ1n) is 3.81. The van der Waals surface area contributed by atoms with Crippen molar-refractivity contribution >= 4 is 5.91 Å². The van der Waals surface area contributed by atoms with Gasteiger partial charge in [0.05, 0.1) is 0 Å². The van der Waals surface area contributed by atoms with Crippen molar-refractivity contribution in [3.05, 3.63) is 0 Å². The van der Waals surface area contributed by atoms with Gasteiger partial charge in [-0.15, -0.1) is 0 Å². The maximum Gasteiger partial charge on any atom is 0.417 e. The molecule has 1 aliphatic rings. The Morgan fingerprint density at radius 3 is 2.31 bits per heavy atom. The van der Waals surface area contributed by atoms with E-state index in [0.29, 0.717) is 0 Å². The van der Waals surface area contributed by atoms with Crippen molar-refractivity contribution in [3.8, 4) is 0 Å². The number of hydrogen-bond donors (Lipinski definition) is 2. The molecular formula is C7H10F3NO2. The standard InChI is InChI=1S/C7H10F3NO2/c1-4(12)11-5-2-6(13,3-5)7(8,9)10/h5,13H,2-3H2,1H3,(H,11,12)/t5-,6+. The Balaban J connectivity index is 2.44. The number of hydrogen-bond acceptors (Lipinski definition) is 2. The summed E-state index contributed by atoms with van der Waals surface area (Å²) in [5, 5.41) is 11.3. The summed E-state index contributed by atoms with van der Waals surface area (Å²) in [4.78, 5) is 10.4. The molecule has 1 fully saturated rings. The fraction of sp³-hybridized carbons (Fsp3) is 0.857. The van der Waals surface area contributed by atoms with Crippen LogP contribution in [-0.4, -0.2) is 28.8 Å². The second kappa shape index (κ2) is 2.87. The van der Waals surface area contributed by atoms with Crippen molar-refractivity contribution in [1.29, 1.82) is 0 Å². The van der Waals surface area contributed by atoms with Crippen LogP contribution in [0.2, 0.25) is 0 Å². The Kier molecular flexibility index (Phi) is 2.27. The number of alkyl halides is 3. The fourth-order valence-electron chi connectivity index (χ4n) is 1.38. The van der Waals surface area contributed by atoms with Crippen LogP contribution < -0.4 is 5.32 Å². The van der Waals surface area contributed by atoms with Crippen molar-refractivity contribution in [1.82, 2.24) is 5.32 Å². The van der Waals surface area contributed by atoms with E-state index in [4.69, 9.17) is 5.11 Å². The molecule has 2 N–H and O–H groups in total. The van der Waals surface area contributed by atoms with Gasteiger partial charge in [0.15, 0.2) is 5.60 Å². The normalized spacial score (nSPS) is 33.8. The summed E-state index contributed by atoms with van der Waals surface area (Å²) in [5.74, 6) is -0.380. The van der Waals surface area contributed by atoms with E-state index in [2.05, 4.69) is 5.32 Å². The maximum atomic E-state index is 12.0. The zero-order valence-corrected chi connectivity index (χ0v) is 6.98. The van der Waals surface area contributed by atoms with Gasteiger partial charge in [-0.3, -0.25) is 4.79 Å². The molecule has 6 heteroatoms. The molecule has 0 atom stereocenters. The van der Waals surface area contributed by atoms with Crippen LogP contribution in [0.25, 0.3) is 0 Å². The number of nitrogens with one attached hydrogen (secondary N) is 1. The van der Waals surface area contributed by atoms with Crippen molar-refractivity contribution in [3.63, 3.8) is 0 Å².